The molecule has 1 aromatic carbocycles. The van der Waals surface area contributed by atoms with Crippen LogP contribution in [0.4, 0.5) is 5.82 Å². The first-order chi connectivity index (χ1) is 12.4. The van der Waals surface area contributed by atoms with Gasteiger partial charge in [0.1, 0.15) is 5.82 Å². The second kappa shape index (κ2) is 6.41. The van der Waals surface area contributed by atoms with Gasteiger partial charge in [-0.3, -0.25) is 5.10 Å². The highest BCUT2D eigenvalue weighted by atomic mass is 35.5. The monoisotopic (exact) mass is 389 g/mol. The summed E-state index contributed by atoms with van der Waals surface area (Å²) in [5.41, 5.74) is 9.79. The fourth-order valence-corrected chi connectivity index (χ4v) is 3.99. The van der Waals surface area contributed by atoms with Gasteiger partial charge in [0.25, 0.3) is 0 Å². The fourth-order valence-electron chi connectivity index (χ4n) is 3.60. The number of hydrogen-bond acceptors (Lipinski definition) is 4. The average Bonchev–Trinajstić information content (AvgIpc) is 3.07. The van der Waals surface area contributed by atoms with Crippen molar-refractivity contribution in [1.29, 1.82) is 0 Å². The van der Waals surface area contributed by atoms with Crippen LogP contribution in [0.3, 0.4) is 0 Å². The number of piperidine rings is 1. The number of nitrogens with one attached hydrogen (secondary N) is 1. The van der Waals surface area contributed by atoms with E-state index in [1.807, 2.05) is 25.3 Å². The van der Waals surface area contributed by atoms with Gasteiger partial charge in [-0.05, 0) is 32.8 Å². The van der Waals surface area contributed by atoms with E-state index in [4.69, 9.17) is 33.9 Å². The molecule has 136 valence electrons. The molecule has 0 spiro atoms. The van der Waals surface area contributed by atoms with Gasteiger partial charge in [0.05, 0.1) is 27.1 Å². The number of aromatic nitrogens is 3. The molecule has 7 heteroatoms. The summed E-state index contributed by atoms with van der Waals surface area (Å²) < 4.78 is 0. The van der Waals surface area contributed by atoms with Crippen molar-refractivity contribution in [3.05, 3.63) is 40.1 Å². The molecule has 1 saturated heterocycles. The fraction of sp³-hybridized carbons (Fsp3) is 0.368. The van der Waals surface area contributed by atoms with Crippen molar-refractivity contribution >= 4 is 39.9 Å². The molecule has 1 aliphatic heterocycles. The number of H-pyrrole nitrogens is 1. The summed E-state index contributed by atoms with van der Waals surface area (Å²) in [5.74, 6) is 0.948. The van der Waals surface area contributed by atoms with Gasteiger partial charge in [-0.25, -0.2) is 4.98 Å². The number of nitrogens with zero attached hydrogens (tertiary/aromatic N) is 3. The predicted molar refractivity (Wildman–Crippen MR) is 108 cm³/mol. The van der Waals surface area contributed by atoms with Crippen molar-refractivity contribution in [2.45, 2.75) is 32.2 Å². The summed E-state index contributed by atoms with van der Waals surface area (Å²) in [5, 5.41) is 9.44. The smallest absolute Gasteiger partial charge is 0.139 e. The van der Waals surface area contributed by atoms with E-state index >= 15 is 0 Å². The van der Waals surface area contributed by atoms with Gasteiger partial charge < -0.3 is 10.6 Å². The van der Waals surface area contributed by atoms with Crippen LogP contribution in [0.25, 0.3) is 22.0 Å². The lowest BCUT2D eigenvalue weighted by Gasteiger charge is -2.37. The maximum atomic E-state index is 6.47. The number of hydrogen-bond donors (Lipinski definition) is 2. The number of nitrogens with two attached hydrogens (primary N) is 1. The Bertz CT molecular complexity index is 969. The van der Waals surface area contributed by atoms with E-state index < -0.39 is 0 Å². The Morgan fingerprint density at radius 1 is 1.23 bits per heavy atom. The van der Waals surface area contributed by atoms with Crippen LogP contribution in [0, 0.1) is 6.92 Å². The van der Waals surface area contributed by atoms with Crippen molar-refractivity contribution in [3.63, 3.8) is 0 Å². The van der Waals surface area contributed by atoms with E-state index in [0.717, 1.165) is 59.5 Å². The molecule has 0 aliphatic carbocycles. The lowest BCUT2D eigenvalue weighted by atomic mass is 9.91. The molecule has 0 unspecified atom stereocenters. The molecule has 1 aliphatic rings. The van der Waals surface area contributed by atoms with Gasteiger partial charge in [0.15, 0.2) is 0 Å². The molecule has 26 heavy (non-hydrogen) atoms. The average molecular weight is 390 g/mol. The zero-order chi connectivity index (χ0) is 18.5. The van der Waals surface area contributed by atoms with Crippen molar-refractivity contribution in [2.75, 3.05) is 18.0 Å². The molecular weight excluding hydrogens is 369 g/mol. The first kappa shape index (κ1) is 17.6. The van der Waals surface area contributed by atoms with E-state index in [0.29, 0.717) is 10.0 Å². The molecule has 0 amide bonds. The third kappa shape index (κ3) is 2.94. The van der Waals surface area contributed by atoms with E-state index in [2.05, 4.69) is 22.0 Å². The van der Waals surface area contributed by atoms with Gasteiger partial charge >= 0.3 is 0 Å². The lowest BCUT2D eigenvalue weighted by molar-refractivity contribution is 0.363. The van der Waals surface area contributed by atoms with Gasteiger partial charge in [-0.15, -0.1) is 0 Å². The maximum absolute atomic E-state index is 6.47. The third-order valence-electron chi connectivity index (χ3n) is 5.19. The molecule has 0 atom stereocenters. The van der Waals surface area contributed by atoms with Gasteiger partial charge in [0, 0.05) is 35.4 Å². The minimum atomic E-state index is -0.102. The molecule has 4 rings (SSSR count). The Morgan fingerprint density at radius 2 is 1.96 bits per heavy atom. The third-order valence-corrected chi connectivity index (χ3v) is 6.01. The van der Waals surface area contributed by atoms with E-state index in [1.54, 1.807) is 6.07 Å². The second-order valence-corrected chi connectivity index (χ2v) is 8.08. The normalized spacial score (nSPS) is 17.0. The van der Waals surface area contributed by atoms with E-state index in [9.17, 15) is 0 Å². The zero-order valence-electron chi connectivity index (χ0n) is 14.8. The van der Waals surface area contributed by atoms with Gasteiger partial charge in [-0.2, -0.15) is 5.10 Å². The van der Waals surface area contributed by atoms with Crippen LogP contribution in [0.2, 0.25) is 10.0 Å². The largest absolute Gasteiger partial charge is 0.356 e. The van der Waals surface area contributed by atoms with Crippen LogP contribution < -0.4 is 10.6 Å². The number of anilines is 1. The number of pyridine rings is 1. The number of halogens is 2. The maximum Gasteiger partial charge on any atom is 0.139 e. The van der Waals surface area contributed by atoms with Crippen molar-refractivity contribution in [2.24, 2.45) is 5.73 Å². The Morgan fingerprint density at radius 3 is 2.69 bits per heavy atom. The number of aryl methyl sites for hydroxylation is 1. The number of benzene rings is 1. The lowest BCUT2D eigenvalue weighted by Crippen LogP contribution is -2.48. The summed E-state index contributed by atoms with van der Waals surface area (Å²) in [6.07, 6.45) is 3.71. The van der Waals surface area contributed by atoms with E-state index in [-0.39, 0.29) is 5.54 Å². The molecule has 3 heterocycles. The first-order valence-electron chi connectivity index (χ1n) is 8.69. The SMILES string of the molecule is Cc1nc(N2CCC(C)(N)CC2)c2cn[nH]c2c1-c1cccc(Cl)c1Cl. The molecular formula is C19H21Cl2N5. The molecule has 1 fully saturated rings. The summed E-state index contributed by atoms with van der Waals surface area (Å²) in [6.45, 7) is 5.88. The van der Waals surface area contributed by atoms with E-state index in [1.165, 1.54) is 0 Å². The molecule has 2 aromatic heterocycles. The predicted octanol–water partition coefficient (Wildman–Crippen LogP) is 4.56. The first-order valence-corrected chi connectivity index (χ1v) is 9.45. The number of fused-ring (bicyclic) bond motifs is 1. The van der Waals surface area contributed by atoms with Crippen LogP contribution >= 0.6 is 23.2 Å². The van der Waals surface area contributed by atoms with Gasteiger partial charge in [0.2, 0.25) is 0 Å². The van der Waals surface area contributed by atoms with Crippen molar-refractivity contribution < 1.29 is 0 Å². The topological polar surface area (TPSA) is 70.8 Å². The van der Waals surface area contributed by atoms with Gasteiger partial charge in [-0.1, -0.05) is 35.3 Å². The Kier molecular flexibility index (Phi) is 4.34. The zero-order valence-corrected chi connectivity index (χ0v) is 16.3. The molecule has 0 bridgehead atoms. The molecule has 0 saturated carbocycles. The summed E-state index contributed by atoms with van der Waals surface area (Å²) in [6, 6.07) is 5.64. The number of aromatic amines is 1. The highest BCUT2D eigenvalue weighted by Gasteiger charge is 2.28. The summed E-state index contributed by atoms with van der Waals surface area (Å²) in [4.78, 5) is 7.21. The van der Waals surface area contributed by atoms with Crippen LogP contribution in [0.15, 0.2) is 24.4 Å². The Balaban J connectivity index is 1.85. The highest BCUT2D eigenvalue weighted by molar-refractivity contribution is 6.44. The standard InChI is InChI=1S/C19H21Cl2N5/c1-11-15(12-4-3-5-14(20)16(12)21)17-13(10-23-25-17)18(24-11)26-8-6-19(2,22)7-9-26/h3-5,10H,6-9,22H2,1-2H3,(H,23,25). The minimum absolute atomic E-state index is 0.102. The second-order valence-electron chi connectivity index (χ2n) is 7.30. The molecule has 3 N–H and O–H groups in total. The van der Waals surface area contributed by atoms with Crippen LogP contribution in [-0.2, 0) is 0 Å². The summed E-state index contributed by atoms with van der Waals surface area (Å²) >= 11 is 12.7. The number of rotatable bonds is 2. The van der Waals surface area contributed by atoms with Crippen LogP contribution in [0.1, 0.15) is 25.5 Å². The van der Waals surface area contributed by atoms with Crippen LogP contribution in [-0.4, -0.2) is 33.8 Å². The Hall–Kier alpha value is -1.82. The molecule has 5 nitrogen and oxygen atoms in total. The highest BCUT2D eigenvalue weighted by Crippen LogP contribution is 2.40. The van der Waals surface area contributed by atoms with Crippen molar-refractivity contribution in [1.82, 2.24) is 15.2 Å². The summed E-state index contributed by atoms with van der Waals surface area (Å²) in [7, 11) is 0. The minimum Gasteiger partial charge on any atom is -0.356 e. The van der Waals surface area contributed by atoms with Crippen molar-refractivity contribution in [3.8, 4) is 11.1 Å². The molecule has 3 aromatic rings. The Labute approximate surface area is 162 Å². The molecule has 0 radical (unpaired) electrons. The van der Waals surface area contributed by atoms with Crippen LogP contribution in [0.5, 0.6) is 0 Å². The quantitative estimate of drug-likeness (QED) is 0.673.